The van der Waals surface area contributed by atoms with Crippen molar-refractivity contribution in [1.82, 2.24) is 5.32 Å². The molecule has 0 aromatic carbocycles. The van der Waals surface area contributed by atoms with Crippen LogP contribution in [0.15, 0.2) is 39.4 Å². The minimum atomic E-state index is 0.202. The van der Waals surface area contributed by atoms with E-state index in [0.717, 1.165) is 29.7 Å². The average Bonchev–Trinajstić information content (AvgIpc) is 2.87. The third kappa shape index (κ3) is 2.36. The van der Waals surface area contributed by atoms with E-state index < -0.39 is 0 Å². The molecule has 18 heavy (non-hydrogen) atoms. The molecule has 0 aliphatic heterocycles. The third-order valence-corrected chi connectivity index (χ3v) is 3.71. The molecule has 1 aliphatic carbocycles. The molecule has 1 fully saturated rings. The molecule has 3 rings (SSSR count). The third-order valence-electron chi connectivity index (χ3n) is 3.71. The van der Waals surface area contributed by atoms with Gasteiger partial charge in [-0.05, 0) is 43.5 Å². The molecular weight excluding hydrogens is 226 g/mol. The molecule has 1 saturated carbocycles. The van der Waals surface area contributed by atoms with E-state index in [1.165, 1.54) is 6.42 Å². The predicted molar refractivity (Wildman–Crippen MR) is 69.2 cm³/mol. The maximum absolute atomic E-state index is 5.85. The standard InChI is InChI=1S/C15H19NO2/c1-10-8-13(10)15-6-5-12(18-15)9-16-11(2)14-4-3-7-17-14/h3-7,10-11,13,16H,8-9H2,1-2H3. The number of furan rings is 2. The van der Waals surface area contributed by atoms with Gasteiger partial charge in [0.15, 0.2) is 0 Å². The first-order valence-corrected chi connectivity index (χ1v) is 6.59. The van der Waals surface area contributed by atoms with Crippen LogP contribution in [-0.4, -0.2) is 0 Å². The van der Waals surface area contributed by atoms with Gasteiger partial charge in [0.05, 0.1) is 18.8 Å². The quantitative estimate of drug-likeness (QED) is 0.869. The van der Waals surface area contributed by atoms with Crippen LogP contribution in [-0.2, 0) is 6.54 Å². The van der Waals surface area contributed by atoms with Gasteiger partial charge in [-0.15, -0.1) is 0 Å². The fraction of sp³-hybridized carbons (Fsp3) is 0.467. The smallest absolute Gasteiger partial charge is 0.120 e. The van der Waals surface area contributed by atoms with E-state index in [4.69, 9.17) is 8.83 Å². The summed E-state index contributed by atoms with van der Waals surface area (Å²) in [5.74, 6) is 4.55. The summed E-state index contributed by atoms with van der Waals surface area (Å²) in [5.41, 5.74) is 0. The van der Waals surface area contributed by atoms with Crippen molar-refractivity contribution in [3.63, 3.8) is 0 Å². The van der Waals surface area contributed by atoms with Crippen LogP contribution in [0, 0.1) is 5.92 Å². The Morgan fingerprint density at radius 3 is 2.89 bits per heavy atom. The van der Waals surface area contributed by atoms with Crippen LogP contribution in [0.25, 0.3) is 0 Å². The Kier molecular flexibility index (Phi) is 3.00. The van der Waals surface area contributed by atoms with Crippen LogP contribution < -0.4 is 5.32 Å². The van der Waals surface area contributed by atoms with Crippen LogP contribution in [0.1, 0.15) is 49.5 Å². The van der Waals surface area contributed by atoms with Gasteiger partial charge >= 0.3 is 0 Å². The van der Waals surface area contributed by atoms with Crippen molar-refractivity contribution in [2.45, 2.75) is 38.8 Å². The molecule has 0 saturated heterocycles. The number of nitrogens with one attached hydrogen (secondary N) is 1. The van der Waals surface area contributed by atoms with E-state index in [1.54, 1.807) is 6.26 Å². The summed E-state index contributed by atoms with van der Waals surface area (Å²) < 4.78 is 11.2. The lowest BCUT2D eigenvalue weighted by molar-refractivity contribution is 0.396. The van der Waals surface area contributed by atoms with Crippen molar-refractivity contribution in [1.29, 1.82) is 0 Å². The Balaban J connectivity index is 1.55. The summed E-state index contributed by atoms with van der Waals surface area (Å²) in [6, 6.07) is 8.28. The lowest BCUT2D eigenvalue weighted by atomic mass is 10.2. The molecule has 2 aromatic heterocycles. The van der Waals surface area contributed by atoms with Gasteiger partial charge in [-0.1, -0.05) is 6.92 Å². The van der Waals surface area contributed by atoms with Gasteiger partial charge in [0.25, 0.3) is 0 Å². The summed E-state index contributed by atoms with van der Waals surface area (Å²) >= 11 is 0. The van der Waals surface area contributed by atoms with Crippen LogP contribution in [0.4, 0.5) is 0 Å². The Hall–Kier alpha value is -1.48. The van der Waals surface area contributed by atoms with Gasteiger partial charge < -0.3 is 14.2 Å². The van der Waals surface area contributed by atoms with Gasteiger partial charge in [0.1, 0.15) is 17.3 Å². The van der Waals surface area contributed by atoms with Gasteiger partial charge in [-0.2, -0.15) is 0 Å². The first-order chi connectivity index (χ1) is 8.74. The second kappa shape index (κ2) is 4.65. The Morgan fingerprint density at radius 1 is 1.39 bits per heavy atom. The first-order valence-electron chi connectivity index (χ1n) is 6.59. The first kappa shape index (κ1) is 11.6. The van der Waals surface area contributed by atoms with Crippen LogP contribution in [0.3, 0.4) is 0 Å². The highest BCUT2D eigenvalue weighted by Gasteiger charge is 2.36. The van der Waals surface area contributed by atoms with Crippen LogP contribution in [0.2, 0.25) is 0 Å². The molecule has 3 unspecified atom stereocenters. The zero-order chi connectivity index (χ0) is 12.5. The number of rotatable bonds is 5. The largest absolute Gasteiger partial charge is 0.468 e. The van der Waals surface area contributed by atoms with E-state index in [9.17, 15) is 0 Å². The number of hydrogen-bond acceptors (Lipinski definition) is 3. The molecule has 3 atom stereocenters. The highest BCUT2D eigenvalue weighted by atomic mass is 16.3. The highest BCUT2D eigenvalue weighted by molar-refractivity contribution is 5.17. The van der Waals surface area contributed by atoms with E-state index in [-0.39, 0.29) is 6.04 Å². The molecule has 0 bridgehead atoms. The Bertz CT molecular complexity index is 500. The van der Waals surface area contributed by atoms with Crippen molar-refractivity contribution in [3.05, 3.63) is 47.8 Å². The summed E-state index contributed by atoms with van der Waals surface area (Å²) in [6.45, 7) is 5.10. The van der Waals surface area contributed by atoms with Gasteiger partial charge in [-0.25, -0.2) is 0 Å². The van der Waals surface area contributed by atoms with Crippen LogP contribution >= 0.6 is 0 Å². The molecular formula is C15H19NO2. The van der Waals surface area contributed by atoms with Crippen molar-refractivity contribution in [2.75, 3.05) is 0 Å². The zero-order valence-corrected chi connectivity index (χ0v) is 10.8. The monoisotopic (exact) mass is 245 g/mol. The van der Waals surface area contributed by atoms with Gasteiger partial charge in [-0.3, -0.25) is 0 Å². The molecule has 0 radical (unpaired) electrons. The maximum atomic E-state index is 5.85. The molecule has 1 aliphatic rings. The van der Waals surface area contributed by atoms with Crippen molar-refractivity contribution in [2.24, 2.45) is 5.92 Å². The number of hydrogen-bond donors (Lipinski definition) is 1. The Morgan fingerprint density at radius 2 is 2.22 bits per heavy atom. The van der Waals surface area contributed by atoms with Gasteiger partial charge in [0, 0.05) is 5.92 Å². The molecule has 2 aromatic rings. The Labute approximate surface area is 107 Å². The minimum absolute atomic E-state index is 0.202. The summed E-state index contributed by atoms with van der Waals surface area (Å²) in [5, 5.41) is 3.40. The maximum Gasteiger partial charge on any atom is 0.120 e. The van der Waals surface area contributed by atoms with Crippen molar-refractivity contribution >= 4 is 0 Å². The topological polar surface area (TPSA) is 38.3 Å². The van der Waals surface area contributed by atoms with Gasteiger partial charge in [0.2, 0.25) is 0 Å². The molecule has 3 nitrogen and oxygen atoms in total. The van der Waals surface area contributed by atoms with Crippen molar-refractivity contribution < 1.29 is 8.83 Å². The van der Waals surface area contributed by atoms with E-state index in [2.05, 4.69) is 31.3 Å². The zero-order valence-electron chi connectivity index (χ0n) is 10.8. The second-order valence-corrected chi connectivity index (χ2v) is 5.24. The molecule has 3 heteroatoms. The molecule has 0 amide bonds. The van der Waals surface area contributed by atoms with E-state index in [0.29, 0.717) is 5.92 Å². The summed E-state index contributed by atoms with van der Waals surface area (Å²) in [6.07, 6.45) is 2.97. The highest BCUT2D eigenvalue weighted by Crippen LogP contribution is 2.47. The fourth-order valence-electron chi connectivity index (χ4n) is 2.30. The lowest BCUT2D eigenvalue weighted by Gasteiger charge is -2.09. The second-order valence-electron chi connectivity index (χ2n) is 5.24. The molecule has 1 N–H and O–H groups in total. The molecule has 96 valence electrons. The SMILES string of the molecule is CC(NCc1ccc(C2CC2C)o1)c1ccco1. The van der Waals surface area contributed by atoms with E-state index in [1.807, 2.05) is 12.1 Å². The fourth-order valence-corrected chi connectivity index (χ4v) is 2.30. The molecule has 0 spiro atoms. The predicted octanol–water partition coefficient (Wildman–Crippen LogP) is 3.85. The average molecular weight is 245 g/mol. The van der Waals surface area contributed by atoms with Crippen molar-refractivity contribution in [3.8, 4) is 0 Å². The molecule has 2 heterocycles. The summed E-state index contributed by atoms with van der Waals surface area (Å²) in [4.78, 5) is 0. The normalized spacial score (nSPS) is 24.1. The van der Waals surface area contributed by atoms with Crippen LogP contribution in [0.5, 0.6) is 0 Å². The minimum Gasteiger partial charge on any atom is -0.468 e. The van der Waals surface area contributed by atoms with E-state index >= 15 is 0 Å². The summed E-state index contributed by atoms with van der Waals surface area (Å²) in [7, 11) is 0. The lowest BCUT2D eigenvalue weighted by Crippen LogP contribution is -2.17.